The Bertz CT molecular complexity index is 958. The van der Waals surface area contributed by atoms with E-state index in [1.807, 2.05) is 42.5 Å². The summed E-state index contributed by atoms with van der Waals surface area (Å²) < 4.78 is 6.16. The molecule has 2 heteroatoms. The third-order valence-electron chi connectivity index (χ3n) is 4.90. The summed E-state index contributed by atoms with van der Waals surface area (Å²) in [6.45, 7) is 0. The van der Waals surface area contributed by atoms with Crippen LogP contribution < -0.4 is 0 Å². The molecule has 0 saturated heterocycles. The largest absolute Gasteiger partial charge is 0.401 e. The molecular weight excluding hydrogens is 344 g/mol. The Morgan fingerprint density at radius 1 is 0.519 bits per heavy atom. The second-order valence-corrected chi connectivity index (χ2v) is 6.63. The van der Waals surface area contributed by atoms with Crippen LogP contribution in [0.1, 0.15) is 16.7 Å². The highest BCUT2D eigenvalue weighted by Gasteiger charge is 2.37. The van der Waals surface area contributed by atoms with Crippen LogP contribution in [0.25, 0.3) is 11.1 Å². The molecule has 4 aromatic rings. The summed E-state index contributed by atoms with van der Waals surface area (Å²) in [6.07, 6.45) is 0. The molecule has 0 heterocycles. The first-order valence-corrected chi connectivity index (χ1v) is 9.38. The fourth-order valence-electron chi connectivity index (χ4n) is 3.66. The van der Waals surface area contributed by atoms with Crippen LogP contribution in [0.4, 0.5) is 0 Å². The van der Waals surface area contributed by atoms with E-state index in [1.165, 1.54) is 0 Å². The van der Waals surface area contributed by atoms with Gasteiger partial charge in [-0.15, -0.1) is 0 Å². The van der Waals surface area contributed by atoms with Gasteiger partial charge in [0.15, 0.2) is 0 Å². The summed E-state index contributed by atoms with van der Waals surface area (Å²) >= 11 is 0. The highest BCUT2D eigenvalue weighted by Crippen LogP contribution is 2.43. The molecule has 0 spiro atoms. The van der Waals surface area contributed by atoms with E-state index in [0.717, 1.165) is 27.8 Å². The van der Waals surface area contributed by atoms with Crippen LogP contribution in [0.5, 0.6) is 0 Å². The maximum Gasteiger partial charge on any atom is 0.248 e. The molecule has 4 aromatic carbocycles. The quantitative estimate of drug-likeness (QED) is 0.324. The van der Waals surface area contributed by atoms with Gasteiger partial charge in [-0.2, -0.15) is 0 Å². The van der Waals surface area contributed by atoms with E-state index in [1.54, 1.807) is 0 Å². The van der Waals surface area contributed by atoms with Gasteiger partial charge in [0.1, 0.15) is 5.60 Å². The van der Waals surface area contributed by atoms with Gasteiger partial charge in [-0.1, -0.05) is 115 Å². The lowest BCUT2D eigenvalue weighted by atomic mass is 9.77. The molecule has 4 rings (SSSR count). The van der Waals surface area contributed by atoms with Gasteiger partial charge in [0.25, 0.3) is 0 Å². The molecule has 0 aromatic heterocycles. The fraction of sp³-hybridized carbons (Fsp3) is 0.0400. The Kier molecular flexibility index (Phi) is 5.01. The Hall–Kier alpha value is -2.94. The van der Waals surface area contributed by atoms with Crippen molar-refractivity contribution < 1.29 is 4.43 Å². The summed E-state index contributed by atoms with van der Waals surface area (Å²) in [5, 5.41) is 0. The zero-order valence-electron chi connectivity index (χ0n) is 14.9. The van der Waals surface area contributed by atoms with Gasteiger partial charge >= 0.3 is 0 Å². The van der Waals surface area contributed by atoms with Crippen LogP contribution in [0.3, 0.4) is 0 Å². The lowest BCUT2D eigenvalue weighted by Gasteiger charge is -2.36. The molecule has 0 saturated carbocycles. The van der Waals surface area contributed by atoms with Crippen LogP contribution in [-0.2, 0) is 10.0 Å². The maximum absolute atomic E-state index is 6.16. The Morgan fingerprint density at radius 2 is 0.963 bits per heavy atom. The minimum Gasteiger partial charge on any atom is -0.401 e. The van der Waals surface area contributed by atoms with Gasteiger partial charge in [0, 0.05) is 0 Å². The van der Waals surface area contributed by atoms with Crippen molar-refractivity contribution in [1.29, 1.82) is 0 Å². The van der Waals surface area contributed by atoms with Crippen molar-refractivity contribution in [2.45, 2.75) is 5.60 Å². The minimum atomic E-state index is -0.772. The highest BCUT2D eigenvalue weighted by molar-refractivity contribution is 5.99. The SMILES string of the molecule is [Si]OC(c1ccccc1)(c1ccccc1)c1ccccc1-c1ccccc1. The van der Waals surface area contributed by atoms with Gasteiger partial charge in [0.05, 0.1) is 0 Å². The zero-order valence-corrected chi connectivity index (χ0v) is 15.9. The first kappa shape index (κ1) is 17.5. The molecule has 0 aliphatic heterocycles. The monoisotopic (exact) mass is 363 g/mol. The average Bonchev–Trinajstić information content (AvgIpc) is 2.77. The molecule has 0 aliphatic carbocycles. The van der Waals surface area contributed by atoms with Gasteiger partial charge in [-0.05, 0) is 27.8 Å². The number of benzene rings is 4. The van der Waals surface area contributed by atoms with Crippen LogP contribution in [0, 0.1) is 0 Å². The molecule has 3 radical (unpaired) electrons. The first-order valence-electron chi connectivity index (χ1n) is 8.97. The third kappa shape index (κ3) is 3.14. The van der Waals surface area contributed by atoms with Crippen molar-refractivity contribution in [3.63, 3.8) is 0 Å². The zero-order chi connectivity index (χ0) is 18.5. The van der Waals surface area contributed by atoms with E-state index in [-0.39, 0.29) is 0 Å². The van der Waals surface area contributed by atoms with Gasteiger partial charge in [0.2, 0.25) is 10.5 Å². The molecule has 0 bridgehead atoms. The van der Waals surface area contributed by atoms with E-state index in [4.69, 9.17) is 4.43 Å². The van der Waals surface area contributed by atoms with Gasteiger partial charge < -0.3 is 4.43 Å². The third-order valence-corrected chi connectivity index (χ3v) is 5.21. The van der Waals surface area contributed by atoms with E-state index in [9.17, 15) is 0 Å². The van der Waals surface area contributed by atoms with Crippen LogP contribution >= 0.6 is 0 Å². The summed E-state index contributed by atoms with van der Waals surface area (Å²) in [4.78, 5) is 0. The maximum atomic E-state index is 6.16. The second-order valence-electron chi connectivity index (χ2n) is 6.43. The summed E-state index contributed by atoms with van der Waals surface area (Å²) in [7, 11) is 3.45. The van der Waals surface area contributed by atoms with Crippen LogP contribution in [0.15, 0.2) is 115 Å². The molecule has 0 fully saturated rings. The summed E-state index contributed by atoms with van der Waals surface area (Å²) in [5.41, 5.74) is 4.75. The van der Waals surface area contributed by atoms with Gasteiger partial charge in [-0.3, -0.25) is 0 Å². The smallest absolute Gasteiger partial charge is 0.248 e. The predicted molar refractivity (Wildman–Crippen MR) is 111 cm³/mol. The first-order chi connectivity index (χ1) is 13.4. The standard InChI is InChI=1S/C25H19OSi/c27-26-25(21-14-6-2-7-15-21,22-16-8-3-9-17-22)24-19-11-10-18-23(24)20-12-4-1-5-13-20/h1-19H. The van der Waals surface area contributed by atoms with Crippen molar-refractivity contribution in [3.8, 4) is 11.1 Å². The number of hydrogen-bond acceptors (Lipinski definition) is 1. The van der Waals surface area contributed by atoms with Crippen molar-refractivity contribution >= 4 is 10.5 Å². The summed E-state index contributed by atoms with van der Waals surface area (Å²) in [6, 6.07) is 39.5. The molecule has 0 aliphatic rings. The van der Waals surface area contributed by atoms with E-state index in [2.05, 4.69) is 83.3 Å². The molecule has 0 atom stereocenters. The topological polar surface area (TPSA) is 9.23 Å². The molecule has 1 nitrogen and oxygen atoms in total. The highest BCUT2D eigenvalue weighted by atomic mass is 28.2. The Labute approximate surface area is 163 Å². The number of rotatable bonds is 5. The average molecular weight is 364 g/mol. The van der Waals surface area contributed by atoms with Crippen molar-refractivity contribution in [2.75, 3.05) is 0 Å². The van der Waals surface area contributed by atoms with Crippen molar-refractivity contribution in [1.82, 2.24) is 0 Å². The lowest BCUT2D eigenvalue weighted by molar-refractivity contribution is 0.174. The molecule has 27 heavy (non-hydrogen) atoms. The van der Waals surface area contributed by atoms with Crippen LogP contribution in [-0.4, -0.2) is 10.5 Å². The van der Waals surface area contributed by atoms with Crippen molar-refractivity contribution in [3.05, 3.63) is 132 Å². The molecule has 0 N–H and O–H groups in total. The normalized spacial score (nSPS) is 11.3. The molecule has 0 amide bonds. The van der Waals surface area contributed by atoms with E-state index in [0.29, 0.717) is 0 Å². The Morgan fingerprint density at radius 3 is 1.48 bits per heavy atom. The molecular formula is C25H19OSi. The summed E-state index contributed by atoms with van der Waals surface area (Å²) in [5.74, 6) is 0. The molecule has 129 valence electrons. The minimum absolute atomic E-state index is 0.772. The van der Waals surface area contributed by atoms with Gasteiger partial charge in [-0.25, -0.2) is 0 Å². The molecule has 0 unspecified atom stereocenters. The fourth-order valence-corrected chi connectivity index (χ4v) is 4.00. The van der Waals surface area contributed by atoms with Crippen molar-refractivity contribution in [2.24, 2.45) is 0 Å². The lowest BCUT2D eigenvalue weighted by Crippen LogP contribution is -2.32. The second kappa shape index (κ2) is 7.75. The predicted octanol–water partition coefficient (Wildman–Crippen LogP) is 5.75. The van der Waals surface area contributed by atoms with E-state index < -0.39 is 5.60 Å². The Balaban J connectivity index is 2.05. The van der Waals surface area contributed by atoms with Crippen LogP contribution in [0.2, 0.25) is 0 Å². The van der Waals surface area contributed by atoms with E-state index >= 15 is 0 Å². The number of hydrogen-bond donors (Lipinski definition) is 0.